The van der Waals surface area contributed by atoms with Gasteiger partial charge in [0, 0.05) is 13.1 Å². The third kappa shape index (κ3) is 5.66. The molecule has 0 saturated carbocycles. The van der Waals surface area contributed by atoms with E-state index in [-0.39, 0.29) is 16.6 Å². The summed E-state index contributed by atoms with van der Waals surface area (Å²) in [4.78, 5) is 11.7. The van der Waals surface area contributed by atoms with Gasteiger partial charge in [0.1, 0.15) is 5.82 Å². The molecule has 0 aromatic heterocycles. The molecule has 0 saturated heterocycles. The average molecular weight is 353 g/mol. The van der Waals surface area contributed by atoms with Crippen LogP contribution in [0.5, 0.6) is 0 Å². The molecule has 106 valence electrons. The van der Waals surface area contributed by atoms with E-state index in [0.29, 0.717) is 13.0 Å². The zero-order valence-electron chi connectivity index (χ0n) is 10.2. The molecule has 1 amide bonds. The molecule has 1 rings (SSSR count). The number of hydrogen-bond donors (Lipinski definition) is 2. The fourth-order valence-corrected chi connectivity index (χ4v) is 2.28. The Bertz CT molecular complexity index is 563. The van der Waals surface area contributed by atoms with Gasteiger partial charge in [0.25, 0.3) is 5.91 Å². The number of rotatable bonds is 6. The van der Waals surface area contributed by atoms with Gasteiger partial charge in [-0.1, -0.05) is 6.07 Å². The molecule has 0 radical (unpaired) electrons. The number of carbonyl (C=O) groups is 1. The maximum absolute atomic E-state index is 13.2. The van der Waals surface area contributed by atoms with Gasteiger partial charge < -0.3 is 5.32 Å². The van der Waals surface area contributed by atoms with Crippen LogP contribution in [-0.4, -0.2) is 33.7 Å². The van der Waals surface area contributed by atoms with Crippen molar-refractivity contribution in [3.05, 3.63) is 34.1 Å². The predicted octanol–water partition coefficient (Wildman–Crippen LogP) is 1.26. The lowest BCUT2D eigenvalue weighted by Crippen LogP contribution is -2.29. The normalized spacial score (nSPS) is 11.3. The van der Waals surface area contributed by atoms with Crippen molar-refractivity contribution < 1.29 is 17.6 Å². The zero-order valence-corrected chi connectivity index (χ0v) is 12.6. The van der Waals surface area contributed by atoms with Crippen LogP contribution < -0.4 is 10.0 Å². The highest BCUT2D eigenvalue weighted by atomic mass is 79.9. The number of benzene rings is 1. The summed E-state index contributed by atoms with van der Waals surface area (Å²) < 4.78 is 37.2. The van der Waals surface area contributed by atoms with Crippen molar-refractivity contribution in [3.63, 3.8) is 0 Å². The molecule has 0 aliphatic carbocycles. The lowest BCUT2D eigenvalue weighted by molar-refractivity contribution is 0.0952. The SMILES string of the molecule is CS(=O)(=O)NCCCNC(=O)c1cccc(F)c1Br. The molecule has 0 spiro atoms. The third-order valence-electron chi connectivity index (χ3n) is 2.20. The summed E-state index contributed by atoms with van der Waals surface area (Å²) >= 11 is 3.00. The molecule has 0 aliphatic rings. The number of amides is 1. The first-order valence-electron chi connectivity index (χ1n) is 5.48. The minimum atomic E-state index is -3.21. The molecule has 5 nitrogen and oxygen atoms in total. The van der Waals surface area contributed by atoms with Crippen LogP contribution in [0.4, 0.5) is 4.39 Å². The lowest BCUT2D eigenvalue weighted by Gasteiger charge is -2.07. The highest BCUT2D eigenvalue weighted by molar-refractivity contribution is 9.10. The summed E-state index contributed by atoms with van der Waals surface area (Å²) in [6.45, 7) is 0.535. The number of hydrogen-bond acceptors (Lipinski definition) is 3. The highest BCUT2D eigenvalue weighted by Crippen LogP contribution is 2.20. The molecule has 8 heteroatoms. The molecule has 0 atom stereocenters. The van der Waals surface area contributed by atoms with Crippen molar-refractivity contribution in [2.75, 3.05) is 19.3 Å². The first kappa shape index (κ1) is 16.1. The van der Waals surface area contributed by atoms with Gasteiger partial charge in [0.05, 0.1) is 16.3 Å². The largest absolute Gasteiger partial charge is 0.352 e. The van der Waals surface area contributed by atoms with Gasteiger partial charge >= 0.3 is 0 Å². The van der Waals surface area contributed by atoms with E-state index in [9.17, 15) is 17.6 Å². The number of halogens is 2. The molecule has 19 heavy (non-hydrogen) atoms. The summed E-state index contributed by atoms with van der Waals surface area (Å²) in [5.74, 6) is -0.919. The lowest BCUT2D eigenvalue weighted by atomic mass is 10.2. The Labute approximate surface area is 119 Å². The van der Waals surface area contributed by atoms with Gasteiger partial charge in [-0.2, -0.15) is 0 Å². The number of sulfonamides is 1. The smallest absolute Gasteiger partial charge is 0.252 e. The summed E-state index contributed by atoms with van der Waals surface area (Å²) in [6.07, 6.45) is 1.52. The van der Waals surface area contributed by atoms with Crippen LogP contribution in [-0.2, 0) is 10.0 Å². The van der Waals surface area contributed by atoms with E-state index in [1.54, 1.807) is 0 Å². The van der Waals surface area contributed by atoms with Gasteiger partial charge in [-0.3, -0.25) is 4.79 Å². The molecule has 0 fully saturated rings. The number of nitrogens with one attached hydrogen (secondary N) is 2. The summed E-state index contributed by atoms with van der Waals surface area (Å²) in [6, 6.07) is 4.19. The van der Waals surface area contributed by atoms with Gasteiger partial charge in [0.15, 0.2) is 0 Å². The second-order valence-corrected chi connectivity index (χ2v) is 6.50. The zero-order chi connectivity index (χ0) is 14.5. The first-order valence-corrected chi connectivity index (χ1v) is 8.16. The Morgan fingerprint density at radius 3 is 2.68 bits per heavy atom. The summed E-state index contributed by atoms with van der Waals surface area (Å²) in [5, 5.41) is 2.58. The average Bonchev–Trinajstić information content (AvgIpc) is 2.30. The molecule has 0 aliphatic heterocycles. The van der Waals surface area contributed by atoms with Gasteiger partial charge in [-0.15, -0.1) is 0 Å². The van der Waals surface area contributed by atoms with E-state index in [0.717, 1.165) is 6.26 Å². The van der Waals surface area contributed by atoms with Crippen molar-refractivity contribution in [1.29, 1.82) is 0 Å². The van der Waals surface area contributed by atoms with E-state index >= 15 is 0 Å². The summed E-state index contributed by atoms with van der Waals surface area (Å²) in [7, 11) is -3.21. The van der Waals surface area contributed by atoms with Crippen LogP contribution in [0.25, 0.3) is 0 Å². The molecule has 1 aromatic carbocycles. The van der Waals surface area contributed by atoms with Crippen LogP contribution in [0.3, 0.4) is 0 Å². The predicted molar refractivity (Wildman–Crippen MR) is 73.9 cm³/mol. The van der Waals surface area contributed by atoms with E-state index < -0.39 is 21.7 Å². The van der Waals surface area contributed by atoms with Crippen LogP contribution in [0.2, 0.25) is 0 Å². The van der Waals surface area contributed by atoms with Crippen LogP contribution in [0.1, 0.15) is 16.8 Å². The fourth-order valence-electron chi connectivity index (χ4n) is 1.32. The second kappa shape index (κ2) is 6.97. The minimum absolute atomic E-state index is 0.113. The topological polar surface area (TPSA) is 75.3 Å². The molecular weight excluding hydrogens is 339 g/mol. The quantitative estimate of drug-likeness (QED) is 0.756. The Morgan fingerprint density at radius 2 is 2.05 bits per heavy atom. The highest BCUT2D eigenvalue weighted by Gasteiger charge is 2.12. The van der Waals surface area contributed by atoms with E-state index in [2.05, 4.69) is 26.0 Å². The molecule has 0 unspecified atom stereocenters. The number of carbonyl (C=O) groups excluding carboxylic acids is 1. The molecule has 2 N–H and O–H groups in total. The van der Waals surface area contributed by atoms with Gasteiger partial charge in [-0.25, -0.2) is 17.5 Å². The van der Waals surface area contributed by atoms with E-state index in [1.165, 1.54) is 18.2 Å². The third-order valence-corrected chi connectivity index (χ3v) is 3.73. The van der Waals surface area contributed by atoms with Crippen LogP contribution >= 0.6 is 15.9 Å². The van der Waals surface area contributed by atoms with Crippen molar-refractivity contribution in [2.45, 2.75) is 6.42 Å². The van der Waals surface area contributed by atoms with Crippen molar-refractivity contribution in [3.8, 4) is 0 Å². The van der Waals surface area contributed by atoms with E-state index in [4.69, 9.17) is 0 Å². The van der Waals surface area contributed by atoms with Crippen LogP contribution in [0, 0.1) is 5.82 Å². The van der Waals surface area contributed by atoms with Gasteiger partial charge in [-0.05, 0) is 34.5 Å². The Hall–Kier alpha value is -0.990. The van der Waals surface area contributed by atoms with Gasteiger partial charge in [0.2, 0.25) is 10.0 Å². The van der Waals surface area contributed by atoms with Crippen molar-refractivity contribution in [1.82, 2.24) is 10.0 Å². The minimum Gasteiger partial charge on any atom is -0.352 e. The molecule has 0 heterocycles. The first-order chi connectivity index (χ1) is 8.81. The fraction of sp³-hybridized carbons (Fsp3) is 0.364. The second-order valence-electron chi connectivity index (χ2n) is 3.88. The molecule has 1 aromatic rings. The Morgan fingerprint density at radius 1 is 1.37 bits per heavy atom. The maximum Gasteiger partial charge on any atom is 0.252 e. The molecular formula is C11H14BrFN2O3S. The van der Waals surface area contributed by atoms with E-state index in [1.807, 2.05) is 0 Å². The maximum atomic E-state index is 13.2. The van der Waals surface area contributed by atoms with Crippen molar-refractivity contribution in [2.24, 2.45) is 0 Å². The standard InChI is InChI=1S/C11H14BrFN2O3S/c1-19(17,18)15-7-3-6-14-11(16)8-4-2-5-9(13)10(8)12/h2,4-5,15H,3,6-7H2,1H3,(H,14,16). The Balaban J connectivity index is 2.42. The monoisotopic (exact) mass is 352 g/mol. The molecule has 0 bridgehead atoms. The Kier molecular flexibility index (Phi) is 5.89. The van der Waals surface area contributed by atoms with Crippen molar-refractivity contribution >= 4 is 31.9 Å². The van der Waals surface area contributed by atoms with Crippen LogP contribution in [0.15, 0.2) is 22.7 Å². The summed E-state index contributed by atoms with van der Waals surface area (Å²) in [5.41, 5.74) is 0.205.